The Hall–Kier alpha value is -3.29. The number of para-hydroxylation sites is 1. The van der Waals surface area contributed by atoms with Gasteiger partial charge in [0, 0.05) is 30.3 Å². The first-order valence-electron chi connectivity index (χ1n) is 11.4. The summed E-state index contributed by atoms with van der Waals surface area (Å²) in [5, 5.41) is 0. The Bertz CT molecular complexity index is 1250. The van der Waals surface area contributed by atoms with Gasteiger partial charge < -0.3 is 4.90 Å². The molecule has 0 radical (unpaired) electrons. The maximum Gasteiger partial charge on any atom is 0.243 e. The van der Waals surface area contributed by atoms with Gasteiger partial charge in [0.15, 0.2) is 5.78 Å². The molecule has 3 aromatic carbocycles. The van der Waals surface area contributed by atoms with Gasteiger partial charge in [-0.1, -0.05) is 60.7 Å². The lowest BCUT2D eigenvalue weighted by molar-refractivity contribution is -0.123. The van der Waals surface area contributed by atoms with Crippen molar-refractivity contribution in [3.8, 4) is 0 Å². The maximum atomic E-state index is 13.6. The zero-order valence-corrected chi connectivity index (χ0v) is 19.9. The quantitative estimate of drug-likeness (QED) is 0.470. The third kappa shape index (κ3) is 5.26. The molecule has 1 saturated heterocycles. The van der Waals surface area contributed by atoms with E-state index in [0.717, 1.165) is 11.3 Å². The number of amides is 1. The van der Waals surface area contributed by atoms with E-state index in [1.165, 1.54) is 23.4 Å². The normalized spacial score (nSPS) is 15.1. The number of hydrogen-bond donors (Lipinski definition) is 0. The average Bonchev–Trinajstić information content (AvgIpc) is 2.88. The Labute approximate surface area is 200 Å². The molecule has 1 aliphatic rings. The fraction of sp³-hybridized carbons (Fsp3) is 0.259. The molecule has 0 bridgehead atoms. The predicted octanol–water partition coefficient (Wildman–Crippen LogP) is 4.52. The fourth-order valence-electron chi connectivity index (χ4n) is 4.26. The van der Waals surface area contributed by atoms with E-state index >= 15 is 0 Å². The van der Waals surface area contributed by atoms with Crippen LogP contribution in [0.4, 0.5) is 5.69 Å². The van der Waals surface area contributed by atoms with E-state index in [1.54, 1.807) is 17.0 Å². The number of rotatable bonds is 7. The summed E-state index contributed by atoms with van der Waals surface area (Å²) in [7, 11) is -3.73. The summed E-state index contributed by atoms with van der Waals surface area (Å²) in [4.78, 5) is 27.2. The number of hydrogen-bond acceptors (Lipinski definition) is 4. The zero-order chi connectivity index (χ0) is 24.1. The number of carbonyl (C=O) groups is 2. The molecular weight excluding hydrogens is 448 g/mol. The van der Waals surface area contributed by atoms with Crippen molar-refractivity contribution in [3.05, 3.63) is 96.1 Å². The minimum Gasteiger partial charge on any atom is -0.308 e. The van der Waals surface area contributed by atoms with Crippen molar-refractivity contribution in [1.82, 2.24) is 4.31 Å². The van der Waals surface area contributed by atoms with Crippen LogP contribution in [0.1, 0.15) is 35.7 Å². The van der Waals surface area contributed by atoms with Gasteiger partial charge in [0.05, 0.1) is 11.4 Å². The Balaban J connectivity index is 1.49. The highest BCUT2D eigenvalue weighted by molar-refractivity contribution is 7.89. The van der Waals surface area contributed by atoms with Crippen LogP contribution < -0.4 is 4.90 Å². The van der Waals surface area contributed by atoms with Crippen LogP contribution in [0.3, 0.4) is 0 Å². The van der Waals surface area contributed by atoms with Gasteiger partial charge in [-0.25, -0.2) is 8.42 Å². The van der Waals surface area contributed by atoms with Crippen LogP contribution in [-0.4, -0.2) is 37.5 Å². The minimum absolute atomic E-state index is 0.00526. The van der Waals surface area contributed by atoms with Crippen LogP contribution in [-0.2, 0) is 21.4 Å². The van der Waals surface area contributed by atoms with Gasteiger partial charge in [0.2, 0.25) is 15.9 Å². The Morgan fingerprint density at radius 3 is 2.12 bits per heavy atom. The maximum absolute atomic E-state index is 13.6. The van der Waals surface area contributed by atoms with E-state index in [-0.39, 0.29) is 35.6 Å². The molecule has 4 rings (SSSR count). The third-order valence-corrected chi connectivity index (χ3v) is 8.09. The summed E-state index contributed by atoms with van der Waals surface area (Å²) in [6.07, 6.45) is 0.894. The van der Waals surface area contributed by atoms with Gasteiger partial charge in [-0.2, -0.15) is 4.31 Å². The molecule has 7 heteroatoms. The van der Waals surface area contributed by atoms with E-state index in [0.29, 0.717) is 24.9 Å². The number of sulfonamides is 1. The molecule has 0 unspecified atom stereocenters. The smallest absolute Gasteiger partial charge is 0.243 e. The number of nitrogens with zero attached hydrogens (tertiary/aromatic N) is 2. The molecule has 0 N–H and O–H groups in total. The first-order valence-corrected chi connectivity index (χ1v) is 12.8. The summed E-state index contributed by atoms with van der Waals surface area (Å²) in [6.45, 7) is 2.39. The predicted molar refractivity (Wildman–Crippen MR) is 132 cm³/mol. The Kier molecular flexibility index (Phi) is 7.24. The monoisotopic (exact) mass is 476 g/mol. The summed E-state index contributed by atoms with van der Waals surface area (Å²) in [6, 6.07) is 25.5. The largest absolute Gasteiger partial charge is 0.308 e. The lowest BCUT2D eigenvalue weighted by Gasteiger charge is -2.34. The molecule has 1 fully saturated rings. The van der Waals surface area contributed by atoms with Gasteiger partial charge >= 0.3 is 0 Å². The van der Waals surface area contributed by atoms with E-state index in [4.69, 9.17) is 0 Å². The lowest BCUT2D eigenvalue weighted by atomic mass is 9.96. The van der Waals surface area contributed by atoms with Gasteiger partial charge in [0.25, 0.3) is 0 Å². The molecule has 0 saturated carbocycles. The molecule has 1 aliphatic heterocycles. The highest BCUT2D eigenvalue weighted by Gasteiger charge is 2.34. The van der Waals surface area contributed by atoms with Gasteiger partial charge in [-0.15, -0.1) is 0 Å². The fourth-order valence-corrected chi connectivity index (χ4v) is 5.77. The number of benzene rings is 3. The average molecular weight is 477 g/mol. The number of Topliss-reactive ketones (excluding diaryl/α,β-unsaturated/α-hetero) is 1. The van der Waals surface area contributed by atoms with E-state index in [9.17, 15) is 18.0 Å². The second kappa shape index (κ2) is 10.3. The minimum atomic E-state index is -3.73. The molecule has 0 atom stereocenters. The van der Waals surface area contributed by atoms with Crippen molar-refractivity contribution >= 4 is 27.4 Å². The molecule has 0 aliphatic carbocycles. The number of carbonyl (C=O) groups excluding carboxylic acids is 2. The molecule has 1 heterocycles. The van der Waals surface area contributed by atoms with E-state index in [1.807, 2.05) is 60.7 Å². The first kappa shape index (κ1) is 23.9. The van der Waals surface area contributed by atoms with Crippen molar-refractivity contribution in [2.24, 2.45) is 5.92 Å². The van der Waals surface area contributed by atoms with Crippen molar-refractivity contribution in [1.29, 1.82) is 0 Å². The number of anilines is 1. The van der Waals surface area contributed by atoms with Crippen LogP contribution in [0.2, 0.25) is 0 Å². The molecule has 176 valence electrons. The number of piperidine rings is 1. The topological polar surface area (TPSA) is 74.8 Å². The second-order valence-electron chi connectivity index (χ2n) is 8.51. The van der Waals surface area contributed by atoms with Crippen molar-refractivity contribution in [2.45, 2.75) is 31.2 Å². The van der Waals surface area contributed by atoms with Crippen LogP contribution in [0.5, 0.6) is 0 Å². The molecule has 3 aromatic rings. The van der Waals surface area contributed by atoms with Crippen molar-refractivity contribution in [3.63, 3.8) is 0 Å². The Morgan fingerprint density at radius 1 is 0.882 bits per heavy atom. The standard InChI is InChI=1S/C27H28N2O4S/c1-21(30)24-11-8-14-26(19-24)34(32,33)28-17-15-23(16-18-28)27(31)29(25-12-6-3-7-13-25)20-22-9-4-2-5-10-22/h2-14,19,23H,15-18,20H2,1H3. The van der Waals surface area contributed by atoms with Gasteiger partial charge in [0.1, 0.15) is 0 Å². The highest BCUT2D eigenvalue weighted by atomic mass is 32.2. The van der Waals surface area contributed by atoms with Crippen LogP contribution >= 0.6 is 0 Å². The van der Waals surface area contributed by atoms with Crippen LogP contribution in [0.25, 0.3) is 0 Å². The number of ketones is 1. The molecule has 6 nitrogen and oxygen atoms in total. The molecular formula is C27H28N2O4S. The highest BCUT2D eigenvalue weighted by Crippen LogP contribution is 2.28. The molecule has 0 spiro atoms. The summed E-state index contributed by atoms with van der Waals surface area (Å²) >= 11 is 0. The van der Waals surface area contributed by atoms with Gasteiger partial charge in [-0.05, 0) is 49.6 Å². The van der Waals surface area contributed by atoms with Crippen molar-refractivity contribution in [2.75, 3.05) is 18.0 Å². The summed E-state index contributed by atoms with van der Waals surface area (Å²) in [5.74, 6) is -0.439. The van der Waals surface area contributed by atoms with E-state index in [2.05, 4.69) is 0 Å². The van der Waals surface area contributed by atoms with Crippen LogP contribution in [0, 0.1) is 5.92 Å². The lowest BCUT2D eigenvalue weighted by Crippen LogP contribution is -2.44. The zero-order valence-electron chi connectivity index (χ0n) is 19.1. The summed E-state index contributed by atoms with van der Waals surface area (Å²) < 4.78 is 27.7. The third-order valence-electron chi connectivity index (χ3n) is 6.20. The second-order valence-corrected chi connectivity index (χ2v) is 10.4. The Morgan fingerprint density at radius 2 is 1.50 bits per heavy atom. The molecule has 34 heavy (non-hydrogen) atoms. The van der Waals surface area contributed by atoms with Gasteiger partial charge in [-0.3, -0.25) is 9.59 Å². The first-order chi connectivity index (χ1) is 16.4. The molecule has 1 amide bonds. The SMILES string of the molecule is CC(=O)c1cccc(S(=O)(=O)N2CCC(C(=O)N(Cc3ccccc3)c3ccccc3)CC2)c1. The molecule has 0 aromatic heterocycles. The van der Waals surface area contributed by atoms with E-state index < -0.39 is 10.0 Å². The van der Waals surface area contributed by atoms with Crippen molar-refractivity contribution < 1.29 is 18.0 Å². The summed E-state index contributed by atoms with van der Waals surface area (Å²) in [5.41, 5.74) is 2.23. The van der Waals surface area contributed by atoms with Crippen LogP contribution in [0.15, 0.2) is 89.8 Å².